The first-order valence-electron chi connectivity index (χ1n) is 8.69. The number of aryl methyl sites for hydroxylation is 1. The number of β-amino-alcohol motifs (C(OH)–C–C–N with tert-alkyl or cyclic N) is 1. The number of aliphatic hydroxyl groups is 1. The van der Waals surface area contributed by atoms with Crippen LogP contribution in [-0.4, -0.2) is 87.8 Å². The number of likely N-dealkylation sites (tertiary alicyclic amines) is 2. The number of aliphatic hydroxyl groups excluding tert-OH is 1. The largest absolute Gasteiger partial charge is 0.390 e. The molecule has 2 aliphatic heterocycles. The van der Waals surface area contributed by atoms with E-state index in [1.165, 1.54) is 0 Å². The van der Waals surface area contributed by atoms with E-state index in [2.05, 4.69) is 27.0 Å². The molecule has 8 nitrogen and oxygen atoms in total. The molecule has 0 spiro atoms. The maximum Gasteiger partial charge on any atom is 0.223 e. The first kappa shape index (κ1) is 17.3. The van der Waals surface area contributed by atoms with E-state index in [1.54, 1.807) is 11.8 Å². The summed E-state index contributed by atoms with van der Waals surface area (Å²) in [5.41, 5.74) is 0. The van der Waals surface area contributed by atoms with Gasteiger partial charge in [-0.3, -0.25) is 14.6 Å². The molecule has 2 saturated heterocycles. The Kier molecular flexibility index (Phi) is 5.47. The lowest BCUT2D eigenvalue weighted by atomic mass is 10.2. The van der Waals surface area contributed by atoms with Crippen LogP contribution in [0.2, 0.25) is 0 Å². The van der Waals surface area contributed by atoms with Gasteiger partial charge >= 0.3 is 0 Å². The maximum absolute atomic E-state index is 11.6. The monoisotopic (exact) mass is 337 g/mol. The number of amides is 1. The molecule has 1 N–H and O–H groups in total. The Bertz CT molecular complexity index is 564. The van der Waals surface area contributed by atoms with Crippen LogP contribution < -0.4 is 0 Å². The molecule has 8 heteroatoms. The molecule has 1 aromatic heterocycles. The number of rotatable bonds is 7. The van der Waals surface area contributed by atoms with Crippen LogP contribution in [0, 0.1) is 6.92 Å². The molecule has 0 bridgehead atoms. The van der Waals surface area contributed by atoms with Crippen molar-refractivity contribution in [1.29, 1.82) is 0 Å². The minimum Gasteiger partial charge on any atom is -0.390 e. The summed E-state index contributed by atoms with van der Waals surface area (Å²) in [5.74, 6) is 1.47. The predicted molar refractivity (Wildman–Crippen MR) is 87.2 cm³/mol. The number of carbonyl (C=O) groups excluding carboxylic acids is 1. The lowest BCUT2D eigenvalue weighted by Gasteiger charge is -2.26. The highest BCUT2D eigenvalue weighted by Crippen LogP contribution is 2.17. The Morgan fingerprint density at radius 2 is 2.25 bits per heavy atom. The number of nitrogens with zero attached hydrogens (tertiary/aromatic N) is 5. The number of carbonyl (C=O) groups is 1. The van der Waals surface area contributed by atoms with Gasteiger partial charge in [0.1, 0.15) is 0 Å². The second-order valence-electron chi connectivity index (χ2n) is 6.94. The third-order valence-corrected chi connectivity index (χ3v) is 4.90. The van der Waals surface area contributed by atoms with Gasteiger partial charge in [0, 0.05) is 45.6 Å². The van der Waals surface area contributed by atoms with Crippen molar-refractivity contribution in [3.05, 3.63) is 11.7 Å². The average molecular weight is 337 g/mol. The van der Waals surface area contributed by atoms with Gasteiger partial charge in [-0.25, -0.2) is 0 Å². The van der Waals surface area contributed by atoms with Crippen molar-refractivity contribution < 1.29 is 14.4 Å². The van der Waals surface area contributed by atoms with Crippen molar-refractivity contribution in [3.8, 4) is 0 Å². The summed E-state index contributed by atoms with van der Waals surface area (Å²) in [7, 11) is 2.07. The molecule has 0 radical (unpaired) electrons. The Hall–Kier alpha value is -1.51. The highest BCUT2D eigenvalue weighted by molar-refractivity contribution is 5.78. The van der Waals surface area contributed by atoms with Crippen LogP contribution in [0.15, 0.2) is 4.52 Å². The van der Waals surface area contributed by atoms with Crippen molar-refractivity contribution >= 4 is 5.91 Å². The van der Waals surface area contributed by atoms with Crippen LogP contribution in [0.3, 0.4) is 0 Å². The molecule has 2 atom stereocenters. The highest BCUT2D eigenvalue weighted by Gasteiger charge is 2.29. The zero-order chi connectivity index (χ0) is 17.1. The minimum atomic E-state index is -0.476. The molecule has 24 heavy (non-hydrogen) atoms. The van der Waals surface area contributed by atoms with E-state index in [-0.39, 0.29) is 5.91 Å². The molecule has 2 aliphatic rings. The van der Waals surface area contributed by atoms with Gasteiger partial charge in [-0.2, -0.15) is 4.98 Å². The SMILES string of the molecule is Cc1nc(CN(C)[C@H]2CCN(C[C@@H](O)CN3CCCC3=O)C2)no1. The molecule has 2 fully saturated rings. The summed E-state index contributed by atoms with van der Waals surface area (Å²) in [6.07, 6.45) is 2.12. The van der Waals surface area contributed by atoms with Crippen LogP contribution in [-0.2, 0) is 11.3 Å². The number of likely N-dealkylation sites (N-methyl/N-ethyl adjacent to an activating group) is 1. The van der Waals surface area contributed by atoms with Crippen molar-refractivity contribution in [2.75, 3.05) is 39.8 Å². The van der Waals surface area contributed by atoms with E-state index in [0.717, 1.165) is 32.5 Å². The first-order chi connectivity index (χ1) is 11.5. The van der Waals surface area contributed by atoms with Gasteiger partial charge in [0.25, 0.3) is 0 Å². The quantitative estimate of drug-likeness (QED) is 0.741. The number of hydrogen-bond acceptors (Lipinski definition) is 7. The fourth-order valence-corrected chi connectivity index (χ4v) is 3.60. The Labute approximate surface area is 142 Å². The van der Waals surface area contributed by atoms with Gasteiger partial charge in [-0.15, -0.1) is 0 Å². The highest BCUT2D eigenvalue weighted by atomic mass is 16.5. The van der Waals surface area contributed by atoms with E-state index in [1.807, 2.05) is 0 Å². The van der Waals surface area contributed by atoms with E-state index in [4.69, 9.17) is 4.52 Å². The molecular formula is C16H27N5O3. The molecular weight excluding hydrogens is 310 g/mol. The molecule has 1 amide bonds. The molecule has 0 aromatic carbocycles. The van der Waals surface area contributed by atoms with Gasteiger partial charge in [-0.1, -0.05) is 5.16 Å². The molecule has 3 rings (SSSR count). The van der Waals surface area contributed by atoms with Crippen LogP contribution in [0.1, 0.15) is 31.0 Å². The molecule has 3 heterocycles. The lowest BCUT2D eigenvalue weighted by molar-refractivity contribution is -0.129. The minimum absolute atomic E-state index is 0.170. The molecule has 1 aromatic rings. The summed E-state index contributed by atoms with van der Waals surface area (Å²) in [4.78, 5) is 22.2. The van der Waals surface area contributed by atoms with Gasteiger partial charge < -0.3 is 14.5 Å². The molecule has 134 valence electrons. The van der Waals surface area contributed by atoms with Gasteiger partial charge in [-0.05, 0) is 26.4 Å². The normalized spacial score (nSPS) is 23.6. The average Bonchev–Trinajstić information content (AvgIpc) is 3.23. The Morgan fingerprint density at radius 1 is 1.42 bits per heavy atom. The van der Waals surface area contributed by atoms with Crippen LogP contribution >= 0.6 is 0 Å². The smallest absolute Gasteiger partial charge is 0.223 e. The predicted octanol–water partition coefficient (Wildman–Crippen LogP) is -0.133. The van der Waals surface area contributed by atoms with Crippen LogP contribution in [0.5, 0.6) is 0 Å². The number of aromatic nitrogens is 2. The van der Waals surface area contributed by atoms with Gasteiger partial charge in [0.2, 0.25) is 11.8 Å². The standard InChI is InChI=1S/C16H27N5O3/c1-12-17-15(18-24-12)11-19(2)13-5-7-20(8-13)9-14(22)10-21-6-3-4-16(21)23/h13-14,22H,3-11H2,1-2H3/t13-,14+/m0/s1. The molecule has 0 unspecified atom stereocenters. The van der Waals surface area contributed by atoms with Crippen molar-refractivity contribution in [1.82, 2.24) is 24.8 Å². The second-order valence-corrected chi connectivity index (χ2v) is 6.94. The number of hydrogen-bond donors (Lipinski definition) is 1. The lowest BCUT2D eigenvalue weighted by Crippen LogP contribution is -2.41. The van der Waals surface area contributed by atoms with E-state index in [0.29, 0.717) is 43.8 Å². The zero-order valence-corrected chi connectivity index (χ0v) is 14.5. The second kappa shape index (κ2) is 7.58. The van der Waals surface area contributed by atoms with E-state index in [9.17, 15) is 9.90 Å². The molecule has 0 saturated carbocycles. The summed E-state index contributed by atoms with van der Waals surface area (Å²) in [5, 5.41) is 14.2. The van der Waals surface area contributed by atoms with Crippen molar-refractivity contribution in [3.63, 3.8) is 0 Å². The summed E-state index contributed by atoms with van der Waals surface area (Å²) < 4.78 is 5.01. The van der Waals surface area contributed by atoms with Crippen LogP contribution in [0.25, 0.3) is 0 Å². The summed E-state index contributed by atoms with van der Waals surface area (Å²) in [6.45, 7) is 6.20. The van der Waals surface area contributed by atoms with E-state index >= 15 is 0 Å². The maximum atomic E-state index is 11.6. The van der Waals surface area contributed by atoms with Crippen LogP contribution in [0.4, 0.5) is 0 Å². The van der Waals surface area contributed by atoms with E-state index < -0.39 is 6.10 Å². The van der Waals surface area contributed by atoms with Gasteiger partial charge in [0.05, 0.1) is 12.6 Å². The van der Waals surface area contributed by atoms with Crippen molar-refractivity contribution in [2.45, 2.75) is 44.9 Å². The Balaban J connectivity index is 1.42. The fraction of sp³-hybridized carbons (Fsp3) is 0.812. The van der Waals surface area contributed by atoms with Crippen molar-refractivity contribution in [2.24, 2.45) is 0 Å². The Morgan fingerprint density at radius 3 is 2.92 bits per heavy atom. The topological polar surface area (TPSA) is 85.9 Å². The summed E-state index contributed by atoms with van der Waals surface area (Å²) >= 11 is 0. The fourth-order valence-electron chi connectivity index (χ4n) is 3.60. The summed E-state index contributed by atoms with van der Waals surface area (Å²) in [6, 6.07) is 0.421. The third kappa shape index (κ3) is 4.31. The molecule has 0 aliphatic carbocycles. The first-order valence-corrected chi connectivity index (χ1v) is 8.69. The zero-order valence-electron chi connectivity index (χ0n) is 14.5. The third-order valence-electron chi connectivity index (χ3n) is 4.90. The van der Waals surface area contributed by atoms with Gasteiger partial charge in [0.15, 0.2) is 5.82 Å².